The minimum Gasteiger partial charge on any atom is -0.385 e. The van der Waals surface area contributed by atoms with Crippen molar-refractivity contribution in [1.29, 1.82) is 0 Å². The van der Waals surface area contributed by atoms with Crippen LogP contribution in [0.3, 0.4) is 0 Å². The van der Waals surface area contributed by atoms with E-state index < -0.39 is 0 Å². The maximum Gasteiger partial charge on any atom is 0.270 e. The average Bonchev–Trinajstić information content (AvgIpc) is 2.57. The third-order valence-electron chi connectivity index (χ3n) is 3.28. The highest BCUT2D eigenvalue weighted by Gasteiger charge is 2.07. The Hall–Kier alpha value is -2.47. The fraction of sp³-hybridized carbons (Fsp3) is 0.353. The summed E-state index contributed by atoms with van der Waals surface area (Å²) in [6.07, 6.45) is 6.12. The molecular formula is C17H23N5O. The molecule has 0 aromatic carbocycles. The van der Waals surface area contributed by atoms with Crippen molar-refractivity contribution < 1.29 is 4.79 Å². The van der Waals surface area contributed by atoms with Crippen LogP contribution in [0.5, 0.6) is 0 Å². The standard InChI is InChI=1S/C17H23N5O/c1-22(2)10-4-8-19-15-6-9-20-16(11-15)17(23)21-13-14-5-3-7-18-12-14/h3,5-7,9,11-12H,4,8,10,13H2,1-2H3,(H,19,20)(H,21,23). The molecule has 6 heteroatoms. The van der Waals surface area contributed by atoms with Gasteiger partial charge in [0.05, 0.1) is 0 Å². The zero-order valence-corrected chi connectivity index (χ0v) is 13.6. The van der Waals surface area contributed by atoms with E-state index in [4.69, 9.17) is 0 Å². The number of carbonyl (C=O) groups excluding carboxylic acids is 1. The zero-order chi connectivity index (χ0) is 16.5. The summed E-state index contributed by atoms with van der Waals surface area (Å²) >= 11 is 0. The molecule has 6 nitrogen and oxygen atoms in total. The molecule has 0 spiro atoms. The Labute approximate surface area is 137 Å². The number of aromatic nitrogens is 2. The van der Waals surface area contributed by atoms with Gasteiger partial charge in [-0.05, 0) is 50.8 Å². The third kappa shape index (κ3) is 6.04. The highest BCUT2D eigenvalue weighted by atomic mass is 16.1. The predicted molar refractivity (Wildman–Crippen MR) is 91.3 cm³/mol. The van der Waals surface area contributed by atoms with Crippen LogP contribution in [0.25, 0.3) is 0 Å². The maximum atomic E-state index is 12.2. The number of amides is 1. The van der Waals surface area contributed by atoms with Crippen LogP contribution in [0.4, 0.5) is 5.69 Å². The molecule has 2 N–H and O–H groups in total. The van der Waals surface area contributed by atoms with Gasteiger partial charge < -0.3 is 15.5 Å². The van der Waals surface area contributed by atoms with E-state index in [-0.39, 0.29) is 5.91 Å². The molecular weight excluding hydrogens is 290 g/mol. The van der Waals surface area contributed by atoms with E-state index in [1.54, 1.807) is 24.7 Å². The minimum atomic E-state index is -0.189. The summed E-state index contributed by atoms with van der Waals surface area (Å²) in [5, 5.41) is 6.16. The van der Waals surface area contributed by atoms with Gasteiger partial charge in [-0.2, -0.15) is 0 Å². The van der Waals surface area contributed by atoms with Crippen LogP contribution in [0.15, 0.2) is 42.9 Å². The van der Waals surface area contributed by atoms with Gasteiger partial charge >= 0.3 is 0 Å². The first-order valence-corrected chi connectivity index (χ1v) is 7.67. The van der Waals surface area contributed by atoms with Gasteiger partial charge in [-0.25, -0.2) is 0 Å². The summed E-state index contributed by atoms with van der Waals surface area (Å²) in [6, 6.07) is 7.41. The van der Waals surface area contributed by atoms with Gasteiger partial charge in [0.15, 0.2) is 0 Å². The Morgan fingerprint density at radius 3 is 2.87 bits per heavy atom. The van der Waals surface area contributed by atoms with Gasteiger partial charge in [0.25, 0.3) is 5.91 Å². The Morgan fingerprint density at radius 1 is 1.26 bits per heavy atom. The van der Waals surface area contributed by atoms with Crippen LogP contribution in [-0.4, -0.2) is 48.0 Å². The van der Waals surface area contributed by atoms with E-state index in [9.17, 15) is 4.79 Å². The lowest BCUT2D eigenvalue weighted by Crippen LogP contribution is -2.24. The summed E-state index contributed by atoms with van der Waals surface area (Å²) in [4.78, 5) is 22.5. The van der Waals surface area contributed by atoms with Crippen LogP contribution in [0.2, 0.25) is 0 Å². The lowest BCUT2D eigenvalue weighted by Gasteiger charge is -2.11. The van der Waals surface area contributed by atoms with Crippen molar-refractivity contribution in [2.24, 2.45) is 0 Å². The molecule has 0 radical (unpaired) electrons. The molecule has 0 aliphatic heterocycles. The second-order valence-corrected chi connectivity index (χ2v) is 5.56. The Balaban J connectivity index is 1.84. The molecule has 0 saturated heterocycles. The smallest absolute Gasteiger partial charge is 0.270 e. The Kier molecular flexibility index (Phi) is 6.50. The molecule has 2 aromatic heterocycles. The number of carbonyl (C=O) groups is 1. The average molecular weight is 313 g/mol. The van der Waals surface area contributed by atoms with Gasteiger partial charge in [0.2, 0.25) is 0 Å². The van der Waals surface area contributed by atoms with Crippen molar-refractivity contribution in [3.8, 4) is 0 Å². The minimum absolute atomic E-state index is 0.189. The number of nitrogens with zero attached hydrogens (tertiary/aromatic N) is 3. The zero-order valence-electron chi connectivity index (χ0n) is 13.6. The normalized spacial score (nSPS) is 10.6. The van der Waals surface area contributed by atoms with E-state index in [1.165, 1.54) is 0 Å². The van der Waals surface area contributed by atoms with E-state index >= 15 is 0 Å². The lowest BCUT2D eigenvalue weighted by molar-refractivity contribution is 0.0946. The molecule has 2 aromatic rings. The largest absolute Gasteiger partial charge is 0.385 e. The van der Waals surface area contributed by atoms with Crippen molar-refractivity contribution in [1.82, 2.24) is 20.2 Å². The first kappa shape index (κ1) is 16.9. The van der Waals surface area contributed by atoms with Gasteiger partial charge in [0.1, 0.15) is 5.69 Å². The van der Waals surface area contributed by atoms with Gasteiger partial charge in [-0.3, -0.25) is 14.8 Å². The fourth-order valence-electron chi connectivity index (χ4n) is 2.07. The van der Waals surface area contributed by atoms with Crippen molar-refractivity contribution in [2.75, 3.05) is 32.5 Å². The monoisotopic (exact) mass is 313 g/mol. The molecule has 0 unspecified atom stereocenters. The molecule has 0 aliphatic carbocycles. The second kappa shape index (κ2) is 8.85. The van der Waals surface area contributed by atoms with E-state index in [1.807, 2.05) is 18.2 Å². The van der Waals surface area contributed by atoms with Crippen molar-refractivity contribution >= 4 is 11.6 Å². The van der Waals surface area contributed by atoms with Crippen LogP contribution < -0.4 is 10.6 Å². The number of hydrogen-bond donors (Lipinski definition) is 2. The molecule has 0 saturated carbocycles. The summed E-state index contributed by atoms with van der Waals surface area (Å²) in [5.41, 5.74) is 2.27. The van der Waals surface area contributed by atoms with Crippen LogP contribution in [0, 0.1) is 0 Å². The predicted octanol–water partition coefficient (Wildman–Crippen LogP) is 1.77. The van der Waals surface area contributed by atoms with Crippen LogP contribution >= 0.6 is 0 Å². The number of hydrogen-bond acceptors (Lipinski definition) is 5. The summed E-state index contributed by atoms with van der Waals surface area (Å²) in [5.74, 6) is -0.189. The Bertz CT molecular complexity index is 615. The Morgan fingerprint density at radius 2 is 2.13 bits per heavy atom. The summed E-state index contributed by atoms with van der Waals surface area (Å²) in [7, 11) is 4.11. The number of rotatable bonds is 8. The topological polar surface area (TPSA) is 70.2 Å². The summed E-state index contributed by atoms with van der Waals surface area (Å²) in [6.45, 7) is 2.32. The molecule has 23 heavy (non-hydrogen) atoms. The highest BCUT2D eigenvalue weighted by Crippen LogP contribution is 2.08. The molecule has 1 amide bonds. The molecule has 2 heterocycles. The van der Waals surface area contributed by atoms with Crippen molar-refractivity contribution in [3.05, 3.63) is 54.1 Å². The second-order valence-electron chi connectivity index (χ2n) is 5.56. The molecule has 2 rings (SSSR count). The van der Waals surface area contributed by atoms with E-state index in [0.29, 0.717) is 12.2 Å². The van der Waals surface area contributed by atoms with Crippen LogP contribution in [-0.2, 0) is 6.54 Å². The summed E-state index contributed by atoms with van der Waals surface area (Å²) < 4.78 is 0. The van der Waals surface area contributed by atoms with E-state index in [0.717, 1.165) is 30.8 Å². The number of nitrogens with one attached hydrogen (secondary N) is 2. The number of pyridine rings is 2. The van der Waals surface area contributed by atoms with Gasteiger partial charge in [-0.15, -0.1) is 0 Å². The van der Waals surface area contributed by atoms with Crippen molar-refractivity contribution in [2.45, 2.75) is 13.0 Å². The fourth-order valence-corrected chi connectivity index (χ4v) is 2.07. The third-order valence-corrected chi connectivity index (χ3v) is 3.28. The SMILES string of the molecule is CN(C)CCCNc1ccnc(C(=O)NCc2cccnc2)c1. The first-order valence-electron chi connectivity index (χ1n) is 7.67. The molecule has 0 atom stereocenters. The molecule has 122 valence electrons. The molecule has 0 fully saturated rings. The lowest BCUT2D eigenvalue weighted by atomic mass is 10.2. The van der Waals surface area contributed by atoms with Crippen LogP contribution in [0.1, 0.15) is 22.5 Å². The number of anilines is 1. The quantitative estimate of drug-likeness (QED) is 0.727. The van der Waals surface area contributed by atoms with Crippen molar-refractivity contribution in [3.63, 3.8) is 0 Å². The maximum absolute atomic E-state index is 12.2. The van der Waals surface area contributed by atoms with E-state index in [2.05, 4.69) is 39.6 Å². The molecule has 0 aliphatic rings. The van der Waals surface area contributed by atoms with Gasteiger partial charge in [0, 0.05) is 37.4 Å². The highest BCUT2D eigenvalue weighted by molar-refractivity contribution is 5.93. The van der Waals surface area contributed by atoms with Gasteiger partial charge in [-0.1, -0.05) is 6.07 Å². The molecule has 0 bridgehead atoms. The first-order chi connectivity index (χ1) is 11.1.